The molecule has 0 saturated heterocycles. The number of hydrogen-bond acceptors (Lipinski definition) is 3. The molecule has 0 amide bonds. The monoisotopic (exact) mass is 188 g/mol. The maximum Gasteiger partial charge on any atom is 0.149 e. The molecule has 3 nitrogen and oxygen atoms in total. The standard InChI is InChI=1S/C8H10F2N2O/c9-4-1-5(7(11)3-13)8(12)6(10)2-4/h1-2,7,13H,3,11-12H2/t7-/m1/s1. The molecule has 0 unspecified atom stereocenters. The number of rotatable bonds is 2. The van der Waals surface area contributed by atoms with E-state index in [-0.39, 0.29) is 11.3 Å². The molecule has 0 saturated carbocycles. The highest BCUT2D eigenvalue weighted by molar-refractivity contribution is 5.49. The Morgan fingerprint density at radius 1 is 1.38 bits per heavy atom. The summed E-state index contributed by atoms with van der Waals surface area (Å²) in [6, 6.07) is 0.826. The number of nitrogen functional groups attached to an aromatic ring is 1. The second-order valence-corrected chi connectivity index (χ2v) is 2.68. The summed E-state index contributed by atoms with van der Waals surface area (Å²) in [6.45, 7) is -0.410. The van der Waals surface area contributed by atoms with Gasteiger partial charge in [-0.15, -0.1) is 0 Å². The highest BCUT2D eigenvalue weighted by Crippen LogP contribution is 2.22. The Morgan fingerprint density at radius 3 is 2.54 bits per heavy atom. The van der Waals surface area contributed by atoms with Crippen LogP contribution < -0.4 is 11.5 Å². The van der Waals surface area contributed by atoms with E-state index >= 15 is 0 Å². The number of aliphatic hydroxyl groups excluding tert-OH is 1. The van der Waals surface area contributed by atoms with Gasteiger partial charge >= 0.3 is 0 Å². The maximum atomic E-state index is 12.8. The molecule has 13 heavy (non-hydrogen) atoms. The highest BCUT2D eigenvalue weighted by Gasteiger charge is 2.13. The van der Waals surface area contributed by atoms with E-state index in [1.807, 2.05) is 0 Å². The summed E-state index contributed by atoms with van der Waals surface area (Å²) in [7, 11) is 0. The molecule has 0 aliphatic heterocycles. The number of nitrogens with two attached hydrogens (primary N) is 2. The van der Waals surface area contributed by atoms with Gasteiger partial charge in [-0.1, -0.05) is 0 Å². The maximum absolute atomic E-state index is 12.8. The van der Waals surface area contributed by atoms with Gasteiger partial charge in [-0.3, -0.25) is 0 Å². The summed E-state index contributed by atoms with van der Waals surface area (Å²) in [4.78, 5) is 0. The lowest BCUT2D eigenvalue weighted by atomic mass is 10.1. The molecule has 1 aromatic rings. The van der Waals surface area contributed by atoms with Crippen molar-refractivity contribution in [1.82, 2.24) is 0 Å². The zero-order valence-electron chi connectivity index (χ0n) is 6.80. The SMILES string of the molecule is Nc1c(F)cc(F)cc1[C@H](N)CO. The van der Waals surface area contributed by atoms with Crippen LogP contribution in [0.5, 0.6) is 0 Å². The van der Waals surface area contributed by atoms with Crippen molar-refractivity contribution in [3.63, 3.8) is 0 Å². The third kappa shape index (κ3) is 1.93. The van der Waals surface area contributed by atoms with Crippen LogP contribution in [0.3, 0.4) is 0 Å². The van der Waals surface area contributed by atoms with Crippen LogP contribution in [0.2, 0.25) is 0 Å². The van der Waals surface area contributed by atoms with Crippen molar-refractivity contribution in [3.8, 4) is 0 Å². The van der Waals surface area contributed by atoms with Crippen LogP contribution in [0.25, 0.3) is 0 Å². The van der Waals surface area contributed by atoms with E-state index < -0.39 is 24.3 Å². The molecule has 5 heteroatoms. The predicted octanol–water partition coefficient (Wildman–Crippen LogP) is 0.539. The van der Waals surface area contributed by atoms with E-state index in [0.717, 1.165) is 6.07 Å². The van der Waals surface area contributed by atoms with E-state index in [2.05, 4.69) is 0 Å². The van der Waals surface area contributed by atoms with Crippen LogP contribution >= 0.6 is 0 Å². The largest absolute Gasteiger partial charge is 0.396 e. The van der Waals surface area contributed by atoms with Gasteiger partial charge in [0.2, 0.25) is 0 Å². The molecule has 0 aliphatic rings. The van der Waals surface area contributed by atoms with Gasteiger partial charge in [-0.25, -0.2) is 8.78 Å². The van der Waals surface area contributed by atoms with Crippen molar-refractivity contribution in [2.45, 2.75) is 6.04 Å². The van der Waals surface area contributed by atoms with Gasteiger partial charge in [0.25, 0.3) is 0 Å². The average Bonchev–Trinajstić information content (AvgIpc) is 2.10. The van der Waals surface area contributed by atoms with Gasteiger partial charge in [0, 0.05) is 6.07 Å². The summed E-state index contributed by atoms with van der Waals surface area (Å²) < 4.78 is 25.5. The molecule has 0 fully saturated rings. The fourth-order valence-corrected chi connectivity index (χ4v) is 1.01. The van der Waals surface area contributed by atoms with E-state index in [9.17, 15) is 8.78 Å². The average molecular weight is 188 g/mol. The molecule has 0 radical (unpaired) electrons. The van der Waals surface area contributed by atoms with Crippen LogP contribution in [0, 0.1) is 11.6 Å². The quantitative estimate of drug-likeness (QED) is 0.593. The minimum atomic E-state index is -0.862. The summed E-state index contributed by atoms with van der Waals surface area (Å²) >= 11 is 0. The normalized spacial score (nSPS) is 12.9. The van der Waals surface area contributed by atoms with Gasteiger partial charge in [0.05, 0.1) is 18.3 Å². The number of halogens is 2. The number of benzene rings is 1. The Kier molecular flexibility index (Phi) is 2.79. The number of hydrogen-bond donors (Lipinski definition) is 3. The molecule has 1 rings (SSSR count). The Balaban J connectivity index is 3.20. The predicted molar refractivity (Wildman–Crippen MR) is 44.8 cm³/mol. The molecule has 0 aliphatic carbocycles. The minimum absolute atomic E-state index is 0.0833. The van der Waals surface area contributed by atoms with E-state index in [1.54, 1.807) is 0 Å². The van der Waals surface area contributed by atoms with Gasteiger partial charge in [0.1, 0.15) is 11.6 Å². The van der Waals surface area contributed by atoms with Crippen molar-refractivity contribution in [2.24, 2.45) is 5.73 Å². The van der Waals surface area contributed by atoms with E-state index in [4.69, 9.17) is 16.6 Å². The fourth-order valence-electron chi connectivity index (χ4n) is 1.01. The van der Waals surface area contributed by atoms with Gasteiger partial charge in [-0.05, 0) is 11.6 Å². The van der Waals surface area contributed by atoms with Crippen LogP contribution in [-0.2, 0) is 0 Å². The molecule has 0 bridgehead atoms. The lowest BCUT2D eigenvalue weighted by molar-refractivity contribution is 0.268. The lowest BCUT2D eigenvalue weighted by Gasteiger charge is -2.11. The molecular weight excluding hydrogens is 178 g/mol. The Hall–Kier alpha value is -1.20. The van der Waals surface area contributed by atoms with Gasteiger partial charge < -0.3 is 16.6 Å². The zero-order valence-corrected chi connectivity index (χ0v) is 6.80. The summed E-state index contributed by atoms with van der Waals surface area (Å²) in [5, 5.41) is 8.67. The minimum Gasteiger partial charge on any atom is -0.396 e. The first kappa shape index (κ1) is 9.88. The van der Waals surface area contributed by atoms with Crippen molar-refractivity contribution >= 4 is 5.69 Å². The molecule has 0 spiro atoms. The molecule has 72 valence electrons. The van der Waals surface area contributed by atoms with Gasteiger partial charge in [-0.2, -0.15) is 0 Å². The van der Waals surface area contributed by atoms with Crippen molar-refractivity contribution < 1.29 is 13.9 Å². The first-order valence-corrected chi connectivity index (χ1v) is 3.67. The third-order valence-electron chi connectivity index (χ3n) is 1.72. The van der Waals surface area contributed by atoms with E-state index in [0.29, 0.717) is 6.07 Å². The zero-order chi connectivity index (χ0) is 10.0. The second-order valence-electron chi connectivity index (χ2n) is 2.68. The van der Waals surface area contributed by atoms with Crippen molar-refractivity contribution in [2.75, 3.05) is 12.3 Å². The summed E-state index contributed by atoms with van der Waals surface area (Å²) in [5.74, 6) is -1.62. The molecule has 5 N–H and O–H groups in total. The molecule has 1 atom stereocenters. The lowest BCUT2D eigenvalue weighted by Crippen LogP contribution is -2.17. The van der Waals surface area contributed by atoms with Crippen LogP contribution in [0.1, 0.15) is 11.6 Å². The topological polar surface area (TPSA) is 72.3 Å². The Labute approximate surface area is 74.0 Å². The Morgan fingerprint density at radius 2 is 2.00 bits per heavy atom. The highest BCUT2D eigenvalue weighted by atomic mass is 19.1. The number of anilines is 1. The third-order valence-corrected chi connectivity index (χ3v) is 1.72. The summed E-state index contributed by atoms with van der Waals surface area (Å²) in [5.41, 5.74) is 10.5. The van der Waals surface area contributed by atoms with Gasteiger partial charge in [0.15, 0.2) is 0 Å². The molecule has 0 aromatic heterocycles. The smallest absolute Gasteiger partial charge is 0.149 e. The first-order chi connectivity index (χ1) is 6.06. The fraction of sp³-hybridized carbons (Fsp3) is 0.250. The van der Waals surface area contributed by atoms with Crippen LogP contribution in [-0.4, -0.2) is 11.7 Å². The number of aliphatic hydroxyl groups is 1. The molecule has 0 heterocycles. The van der Waals surface area contributed by atoms with Crippen molar-refractivity contribution in [1.29, 1.82) is 0 Å². The second kappa shape index (κ2) is 3.68. The first-order valence-electron chi connectivity index (χ1n) is 3.67. The molecular formula is C8H10F2N2O. The van der Waals surface area contributed by atoms with Crippen LogP contribution in [0.15, 0.2) is 12.1 Å². The molecule has 1 aromatic carbocycles. The van der Waals surface area contributed by atoms with Crippen LogP contribution in [0.4, 0.5) is 14.5 Å². The van der Waals surface area contributed by atoms with E-state index in [1.165, 1.54) is 0 Å². The van der Waals surface area contributed by atoms with Crippen molar-refractivity contribution in [3.05, 3.63) is 29.3 Å². The summed E-state index contributed by atoms with van der Waals surface area (Å²) in [6.07, 6.45) is 0. The Bertz CT molecular complexity index is 317.